The van der Waals surface area contributed by atoms with Crippen molar-refractivity contribution < 1.29 is 63.1 Å². The van der Waals surface area contributed by atoms with Crippen LogP contribution in [-0.2, 0) is 0 Å². The summed E-state index contributed by atoms with van der Waals surface area (Å²) in [5.74, 6) is 3.50. The zero-order chi connectivity index (χ0) is 4.00. The molecule has 4 N–H and O–H groups in total. The van der Waals surface area contributed by atoms with E-state index in [4.69, 9.17) is 10.3 Å². The SMILES string of the molecule is CO.NO.[H-].[K+]. The van der Waals surface area contributed by atoms with Crippen LogP contribution in [-0.4, -0.2) is 17.4 Å². The molecule has 0 radical (unpaired) electrons. The fourth-order valence-corrected chi connectivity index (χ4v) is 0. The number of hydrogen-bond acceptors (Lipinski definition) is 3. The molecule has 0 aliphatic rings. The van der Waals surface area contributed by atoms with E-state index in [0.717, 1.165) is 7.11 Å². The van der Waals surface area contributed by atoms with Gasteiger partial charge in [-0.15, -0.1) is 0 Å². The molecule has 0 aliphatic heterocycles. The minimum Gasteiger partial charge on any atom is -1.00 e. The van der Waals surface area contributed by atoms with Crippen LogP contribution in [0.5, 0.6) is 0 Å². The molecule has 5 heavy (non-hydrogen) atoms. The largest absolute Gasteiger partial charge is 1.00 e. The van der Waals surface area contributed by atoms with Crippen LogP contribution in [0.4, 0.5) is 0 Å². The first-order valence-electron chi connectivity index (χ1n) is 0.705. The first-order chi connectivity index (χ1) is 2.00. The topological polar surface area (TPSA) is 66.5 Å². The maximum absolute atomic E-state index is 7.00. The quantitative estimate of drug-likeness (QED) is 0.218. The molecule has 3 nitrogen and oxygen atoms in total. The summed E-state index contributed by atoms with van der Waals surface area (Å²) >= 11 is 0. The summed E-state index contributed by atoms with van der Waals surface area (Å²) in [6.45, 7) is 0. The van der Waals surface area contributed by atoms with Gasteiger partial charge in [-0.2, -0.15) is 0 Å². The second kappa shape index (κ2) is 48.9. The van der Waals surface area contributed by atoms with E-state index < -0.39 is 0 Å². The average molecular weight is 105 g/mol. The van der Waals surface area contributed by atoms with Gasteiger partial charge >= 0.3 is 51.4 Å². The van der Waals surface area contributed by atoms with E-state index >= 15 is 0 Å². The zero-order valence-electron chi connectivity index (χ0n) is 4.47. The van der Waals surface area contributed by atoms with Gasteiger partial charge in [-0.25, -0.2) is 5.90 Å². The van der Waals surface area contributed by atoms with Gasteiger partial charge in [0.05, 0.1) is 0 Å². The fraction of sp³-hybridized carbons (Fsp3) is 1.00. The molecular formula is CH8KNO2. The smallest absolute Gasteiger partial charge is 1.00 e. The predicted octanol–water partition coefficient (Wildman–Crippen LogP) is -3.94. The minimum atomic E-state index is 0. The van der Waals surface area contributed by atoms with Gasteiger partial charge in [-0.1, -0.05) is 0 Å². The van der Waals surface area contributed by atoms with Crippen LogP contribution in [0.3, 0.4) is 0 Å². The summed E-state index contributed by atoms with van der Waals surface area (Å²) < 4.78 is 0. The van der Waals surface area contributed by atoms with E-state index in [1.54, 1.807) is 0 Å². The van der Waals surface area contributed by atoms with Crippen molar-refractivity contribution >= 4 is 0 Å². The molecule has 0 aromatic heterocycles. The Bertz CT molecular complexity index is 13.5. The van der Waals surface area contributed by atoms with Crippen molar-refractivity contribution in [3.8, 4) is 0 Å². The normalized spacial score (nSPS) is 2.40. The van der Waals surface area contributed by atoms with E-state index in [9.17, 15) is 0 Å². The molecule has 0 bridgehead atoms. The van der Waals surface area contributed by atoms with Crippen LogP contribution in [0.25, 0.3) is 0 Å². The molecule has 0 aromatic carbocycles. The third-order valence-corrected chi connectivity index (χ3v) is 0. The number of nitrogens with two attached hydrogens (primary N) is 1. The Balaban J connectivity index is -0.00000000500. The second-order valence-electron chi connectivity index (χ2n) is 0. The fourth-order valence-electron chi connectivity index (χ4n) is 0. The van der Waals surface area contributed by atoms with E-state index in [-0.39, 0.29) is 52.8 Å². The van der Waals surface area contributed by atoms with Gasteiger partial charge in [0, 0.05) is 7.11 Å². The maximum atomic E-state index is 7.00. The first kappa shape index (κ1) is 16.0. The van der Waals surface area contributed by atoms with Crippen molar-refractivity contribution in [2.75, 3.05) is 7.11 Å². The zero-order valence-corrected chi connectivity index (χ0v) is 6.59. The van der Waals surface area contributed by atoms with Crippen LogP contribution < -0.4 is 57.3 Å². The molecule has 0 spiro atoms. The second-order valence-corrected chi connectivity index (χ2v) is 0. The van der Waals surface area contributed by atoms with Crippen molar-refractivity contribution in [3.05, 3.63) is 0 Å². The molecule has 4 heteroatoms. The molecule has 0 saturated heterocycles. The van der Waals surface area contributed by atoms with Crippen LogP contribution >= 0.6 is 0 Å². The van der Waals surface area contributed by atoms with E-state index in [0.29, 0.717) is 0 Å². The summed E-state index contributed by atoms with van der Waals surface area (Å²) in [6.07, 6.45) is 0. The van der Waals surface area contributed by atoms with Crippen LogP contribution in [0, 0.1) is 0 Å². The molecule has 0 aliphatic carbocycles. The van der Waals surface area contributed by atoms with Crippen molar-refractivity contribution in [2.24, 2.45) is 5.90 Å². The van der Waals surface area contributed by atoms with Gasteiger partial charge in [0.1, 0.15) is 0 Å². The molecule has 0 amide bonds. The average Bonchev–Trinajstić information content (AvgIpc) is 1.50. The molecule has 0 saturated carbocycles. The van der Waals surface area contributed by atoms with E-state index in [1.165, 1.54) is 0 Å². The number of rotatable bonds is 0. The van der Waals surface area contributed by atoms with Crippen molar-refractivity contribution in [3.63, 3.8) is 0 Å². The molecular weight excluding hydrogens is 97.1 g/mol. The van der Waals surface area contributed by atoms with Gasteiger partial charge in [-0.05, 0) is 0 Å². The minimum absolute atomic E-state index is 0. The van der Waals surface area contributed by atoms with Gasteiger partial charge in [0.25, 0.3) is 0 Å². The maximum Gasteiger partial charge on any atom is 1.00 e. The first-order valence-corrected chi connectivity index (χ1v) is 0.705. The van der Waals surface area contributed by atoms with Crippen molar-refractivity contribution in [2.45, 2.75) is 0 Å². The molecule has 30 valence electrons. The number of hydrogen-bond donors (Lipinski definition) is 3. The Hall–Kier alpha value is 1.52. The third-order valence-electron chi connectivity index (χ3n) is 0. The summed E-state index contributed by atoms with van der Waals surface area (Å²) in [6, 6.07) is 0. The molecule has 0 atom stereocenters. The summed E-state index contributed by atoms with van der Waals surface area (Å²) in [5, 5.41) is 13.5. The summed E-state index contributed by atoms with van der Waals surface area (Å²) in [5.41, 5.74) is 0. The molecule has 0 aromatic rings. The van der Waals surface area contributed by atoms with Crippen LogP contribution in [0.2, 0.25) is 0 Å². The Morgan fingerprint density at radius 1 is 1.40 bits per heavy atom. The monoisotopic (exact) mass is 105 g/mol. The molecule has 0 unspecified atom stereocenters. The summed E-state index contributed by atoms with van der Waals surface area (Å²) in [4.78, 5) is 0. The number of aliphatic hydroxyl groups is 1. The Labute approximate surface area is 75.0 Å². The standard InChI is InChI=1S/CH4O.K.H3NO.H/c1-2;;1-2;/h2H,1H3;;2H,1H2;/q;+1;;-1. The van der Waals surface area contributed by atoms with Crippen molar-refractivity contribution in [1.82, 2.24) is 0 Å². The van der Waals surface area contributed by atoms with Crippen LogP contribution in [0.1, 0.15) is 1.43 Å². The predicted molar refractivity (Wildman–Crippen MR) is 15.2 cm³/mol. The van der Waals surface area contributed by atoms with E-state index in [2.05, 4.69) is 5.90 Å². The van der Waals surface area contributed by atoms with Gasteiger partial charge in [0.15, 0.2) is 0 Å². The Kier molecular flexibility index (Phi) is 157. The molecule has 0 fully saturated rings. The Morgan fingerprint density at radius 3 is 1.40 bits per heavy atom. The van der Waals surface area contributed by atoms with Gasteiger partial charge < -0.3 is 11.7 Å². The third kappa shape index (κ3) is 29.7. The van der Waals surface area contributed by atoms with E-state index in [1.807, 2.05) is 0 Å². The number of aliphatic hydroxyl groups excluding tert-OH is 1. The summed E-state index contributed by atoms with van der Waals surface area (Å²) in [7, 11) is 1.00. The molecule has 0 rings (SSSR count). The van der Waals surface area contributed by atoms with Crippen molar-refractivity contribution in [1.29, 1.82) is 0 Å². The van der Waals surface area contributed by atoms with Crippen LogP contribution in [0.15, 0.2) is 0 Å². The molecule has 0 heterocycles. The Morgan fingerprint density at radius 2 is 1.40 bits per heavy atom. The van der Waals surface area contributed by atoms with Gasteiger partial charge in [0.2, 0.25) is 0 Å². The van der Waals surface area contributed by atoms with Gasteiger partial charge in [-0.3, -0.25) is 0 Å².